The largest absolute Gasteiger partial charge is 0.484 e. The number of piperazine rings is 1. The first-order valence-electron chi connectivity index (χ1n) is 8.18. The van der Waals surface area contributed by atoms with Gasteiger partial charge in [-0.3, -0.25) is 9.59 Å². The van der Waals surface area contributed by atoms with Crippen molar-refractivity contribution in [3.8, 4) is 5.75 Å². The Morgan fingerprint density at radius 2 is 2.04 bits per heavy atom. The zero-order chi connectivity index (χ0) is 16.2. The number of carbonyl (C=O) groups is 2. The first kappa shape index (κ1) is 18.5. The number of amides is 2. The Bertz CT molecular complexity index is 579. The van der Waals surface area contributed by atoms with Crippen LogP contribution in [0.15, 0.2) is 24.3 Å². The van der Waals surface area contributed by atoms with Gasteiger partial charge in [0, 0.05) is 44.3 Å². The molecule has 1 aromatic carbocycles. The number of hydrogen-bond acceptors (Lipinski definition) is 4. The van der Waals surface area contributed by atoms with Crippen molar-refractivity contribution in [1.82, 2.24) is 10.2 Å². The molecule has 3 rings (SSSR count). The van der Waals surface area contributed by atoms with Crippen LogP contribution in [0.4, 0.5) is 5.69 Å². The first-order chi connectivity index (χ1) is 11.1. The fraction of sp³-hybridized carbons (Fsp3) is 0.529. The average Bonchev–Trinajstić information content (AvgIpc) is 2.99. The summed E-state index contributed by atoms with van der Waals surface area (Å²) in [7, 11) is 0. The van der Waals surface area contributed by atoms with E-state index in [2.05, 4.69) is 5.32 Å². The van der Waals surface area contributed by atoms with E-state index >= 15 is 0 Å². The highest BCUT2D eigenvalue weighted by Gasteiger charge is 2.23. The third kappa shape index (κ3) is 4.19. The van der Waals surface area contributed by atoms with Gasteiger partial charge in [0.25, 0.3) is 5.91 Å². The molecule has 2 amide bonds. The molecule has 0 radical (unpaired) electrons. The highest BCUT2D eigenvalue weighted by atomic mass is 35.5. The molecule has 2 saturated heterocycles. The zero-order valence-electron chi connectivity index (χ0n) is 13.9. The van der Waals surface area contributed by atoms with Gasteiger partial charge in [-0.1, -0.05) is 0 Å². The minimum absolute atomic E-state index is 0. The van der Waals surface area contributed by atoms with Crippen LogP contribution < -0.4 is 15.0 Å². The number of benzene rings is 1. The highest BCUT2D eigenvalue weighted by Crippen LogP contribution is 2.23. The molecule has 2 fully saturated rings. The minimum Gasteiger partial charge on any atom is -0.484 e. The minimum atomic E-state index is 0. The van der Waals surface area contributed by atoms with Crippen LogP contribution in [0.5, 0.6) is 5.75 Å². The summed E-state index contributed by atoms with van der Waals surface area (Å²) in [5, 5.41) is 3.26. The number of ether oxygens (including phenoxy) is 1. The Balaban J connectivity index is 0.00000208. The molecule has 6 nitrogen and oxygen atoms in total. The smallest absolute Gasteiger partial charge is 0.260 e. The molecule has 1 aromatic rings. The van der Waals surface area contributed by atoms with Gasteiger partial charge < -0.3 is 19.9 Å². The summed E-state index contributed by atoms with van der Waals surface area (Å²) >= 11 is 0. The molecule has 1 atom stereocenters. The molecule has 0 saturated carbocycles. The van der Waals surface area contributed by atoms with E-state index in [1.807, 2.05) is 36.1 Å². The number of hydrogen-bond donors (Lipinski definition) is 1. The lowest BCUT2D eigenvalue weighted by atomic mass is 10.2. The van der Waals surface area contributed by atoms with Gasteiger partial charge in [0.05, 0.1) is 0 Å². The summed E-state index contributed by atoms with van der Waals surface area (Å²) in [4.78, 5) is 27.6. The molecule has 2 aliphatic rings. The molecule has 0 bridgehead atoms. The summed E-state index contributed by atoms with van der Waals surface area (Å²) in [6, 6.07) is 7.57. The van der Waals surface area contributed by atoms with Crippen LogP contribution in [0.3, 0.4) is 0 Å². The summed E-state index contributed by atoms with van der Waals surface area (Å²) in [6.45, 7) is 5.23. The lowest BCUT2D eigenvalue weighted by Crippen LogP contribution is -2.53. The Kier molecular flexibility index (Phi) is 6.45. The molecule has 2 heterocycles. The van der Waals surface area contributed by atoms with Crippen molar-refractivity contribution in [2.75, 3.05) is 37.7 Å². The second kappa shape index (κ2) is 8.35. The van der Waals surface area contributed by atoms with Crippen molar-refractivity contribution in [3.63, 3.8) is 0 Å². The molecular formula is C17H24ClN3O3. The van der Waals surface area contributed by atoms with Crippen LogP contribution in [0.1, 0.15) is 19.8 Å². The highest BCUT2D eigenvalue weighted by molar-refractivity contribution is 5.95. The molecule has 24 heavy (non-hydrogen) atoms. The Labute approximate surface area is 148 Å². The predicted molar refractivity (Wildman–Crippen MR) is 94.8 cm³/mol. The van der Waals surface area contributed by atoms with Crippen LogP contribution in [0, 0.1) is 0 Å². The SMILES string of the molecule is C[C@@H]1CNCCN1C(=O)COc1ccc(N2CCCC2=O)cc1.Cl. The number of carbonyl (C=O) groups excluding carboxylic acids is 2. The Morgan fingerprint density at radius 3 is 2.67 bits per heavy atom. The van der Waals surface area contributed by atoms with Crippen LogP contribution in [-0.4, -0.2) is 55.5 Å². The monoisotopic (exact) mass is 353 g/mol. The maximum atomic E-state index is 12.2. The molecule has 132 valence electrons. The van der Waals surface area contributed by atoms with Gasteiger partial charge >= 0.3 is 0 Å². The van der Waals surface area contributed by atoms with Gasteiger partial charge in [-0.2, -0.15) is 0 Å². The zero-order valence-corrected chi connectivity index (χ0v) is 14.7. The van der Waals surface area contributed by atoms with Gasteiger partial charge in [-0.15, -0.1) is 12.4 Å². The molecule has 2 aliphatic heterocycles. The van der Waals surface area contributed by atoms with Gasteiger partial charge in [-0.25, -0.2) is 0 Å². The summed E-state index contributed by atoms with van der Waals surface area (Å²) in [5.74, 6) is 0.830. The van der Waals surface area contributed by atoms with E-state index in [1.165, 1.54) is 0 Å². The molecule has 0 aromatic heterocycles. The second-order valence-corrected chi connectivity index (χ2v) is 6.07. The van der Waals surface area contributed by atoms with E-state index in [0.29, 0.717) is 12.2 Å². The van der Waals surface area contributed by atoms with Gasteiger partial charge in [-0.05, 0) is 37.6 Å². The number of nitrogens with one attached hydrogen (secondary N) is 1. The van der Waals surface area contributed by atoms with E-state index < -0.39 is 0 Å². The third-order valence-electron chi connectivity index (χ3n) is 4.41. The van der Waals surface area contributed by atoms with E-state index in [-0.39, 0.29) is 36.9 Å². The van der Waals surface area contributed by atoms with Gasteiger partial charge in [0.2, 0.25) is 5.91 Å². The first-order valence-corrected chi connectivity index (χ1v) is 8.18. The molecular weight excluding hydrogens is 330 g/mol. The van der Waals surface area contributed by atoms with Crippen molar-refractivity contribution in [2.45, 2.75) is 25.8 Å². The molecule has 1 N–H and O–H groups in total. The van der Waals surface area contributed by atoms with Crippen LogP contribution in [-0.2, 0) is 9.59 Å². The quantitative estimate of drug-likeness (QED) is 0.889. The lowest BCUT2D eigenvalue weighted by Gasteiger charge is -2.33. The lowest BCUT2D eigenvalue weighted by molar-refractivity contribution is -0.136. The van der Waals surface area contributed by atoms with E-state index in [0.717, 1.165) is 38.3 Å². The Morgan fingerprint density at radius 1 is 1.29 bits per heavy atom. The van der Waals surface area contributed by atoms with Crippen LogP contribution in [0.25, 0.3) is 0 Å². The molecule has 0 spiro atoms. The summed E-state index contributed by atoms with van der Waals surface area (Å²) < 4.78 is 5.60. The van der Waals surface area contributed by atoms with Gasteiger partial charge in [0.1, 0.15) is 5.75 Å². The van der Waals surface area contributed by atoms with Crippen LogP contribution >= 0.6 is 12.4 Å². The summed E-state index contributed by atoms with van der Waals surface area (Å²) in [6.07, 6.45) is 1.53. The maximum Gasteiger partial charge on any atom is 0.260 e. The topological polar surface area (TPSA) is 61.9 Å². The third-order valence-corrected chi connectivity index (χ3v) is 4.41. The van der Waals surface area contributed by atoms with Crippen molar-refractivity contribution in [3.05, 3.63) is 24.3 Å². The normalized spacial score (nSPS) is 20.7. The fourth-order valence-corrected chi connectivity index (χ4v) is 3.08. The second-order valence-electron chi connectivity index (χ2n) is 6.07. The van der Waals surface area contributed by atoms with Crippen LogP contribution in [0.2, 0.25) is 0 Å². The molecule has 7 heteroatoms. The summed E-state index contributed by atoms with van der Waals surface area (Å²) in [5.41, 5.74) is 0.891. The van der Waals surface area contributed by atoms with Gasteiger partial charge in [0.15, 0.2) is 6.61 Å². The van der Waals surface area contributed by atoms with E-state index in [9.17, 15) is 9.59 Å². The fourth-order valence-electron chi connectivity index (χ4n) is 3.08. The average molecular weight is 354 g/mol. The van der Waals surface area contributed by atoms with E-state index in [1.54, 1.807) is 4.90 Å². The van der Waals surface area contributed by atoms with E-state index in [4.69, 9.17) is 4.74 Å². The number of nitrogens with zero attached hydrogens (tertiary/aromatic N) is 2. The predicted octanol–water partition coefficient (Wildman–Crippen LogP) is 1.43. The standard InChI is InChI=1S/C17H23N3O3.ClH/c1-13-11-18-8-10-19(13)17(22)12-23-15-6-4-14(5-7-15)20-9-2-3-16(20)21;/h4-7,13,18H,2-3,8-12H2,1H3;1H/t13-;/m1./s1. The molecule has 0 unspecified atom stereocenters. The molecule has 0 aliphatic carbocycles. The van der Waals surface area contributed by atoms with Crippen molar-refractivity contribution < 1.29 is 14.3 Å². The number of rotatable bonds is 4. The van der Waals surface area contributed by atoms with Crippen molar-refractivity contribution in [1.29, 1.82) is 0 Å². The number of halogens is 1. The maximum absolute atomic E-state index is 12.2. The van der Waals surface area contributed by atoms with Crippen molar-refractivity contribution in [2.24, 2.45) is 0 Å². The Hall–Kier alpha value is -1.79. The number of anilines is 1. The van der Waals surface area contributed by atoms with Crippen molar-refractivity contribution >= 4 is 29.9 Å².